The Morgan fingerprint density at radius 1 is 0.893 bits per heavy atom. The van der Waals surface area contributed by atoms with Crippen LogP contribution < -0.4 is 5.32 Å². The fraction of sp³-hybridized carbons (Fsp3) is 0.0476. The molecule has 0 aliphatic rings. The second-order valence-corrected chi connectivity index (χ2v) is 6.33. The van der Waals surface area contributed by atoms with Gasteiger partial charge in [0.25, 0.3) is 0 Å². The van der Waals surface area contributed by atoms with Crippen LogP contribution in [0.15, 0.2) is 79.5 Å². The molecule has 0 amide bonds. The van der Waals surface area contributed by atoms with Crippen molar-refractivity contribution < 1.29 is 0 Å². The zero-order valence-electron chi connectivity index (χ0n) is 14.9. The maximum Gasteiger partial charge on any atom is 0.182 e. The van der Waals surface area contributed by atoms with Gasteiger partial charge in [-0.25, -0.2) is 19.6 Å². The zero-order chi connectivity index (χ0) is 18.8. The summed E-state index contributed by atoms with van der Waals surface area (Å²) in [5.74, 6) is 0.717. The summed E-state index contributed by atoms with van der Waals surface area (Å²) in [6.45, 7) is 0.572. The number of anilines is 1. The van der Waals surface area contributed by atoms with Gasteiger partial charge in [0.2, 0.25) is 0 Å². The molecule has 0 spiro atoms. The van der Waals surface area contributed by atoms with E-state index >= 15 is 0 Å². The summed E-state index contributed by atoms with van der Waals surface area (Å²) < 4.78 is 1.91. The maximum absolute atomic E-state index is 4.84. The molecule has 136 valence electrons. The monoisotopic (exact) mass is 367 g/mol. The Morgan fingerprint density at radius 3 is 2.50 bits per heavy atom. The average Bonchev–Trinajstić information content (AvgIpc) is 3.41. The van der Waals surface area contributed by atoms with E-state index < -0.39 is 0 Å². The number of H-pyrrole nitrogens is 1. The summed E-state index contributed by atoms with van der Waals surface area (Å²) >= 11 is 0. The maximum atomic E-state index is 4.84. The van der Waals surface area contributed by atoms with Gasteiger partial charge in [0, 0.05) is 23.9 Å². The van der Waals surface area contributed by atoms with Crippen LogP contribution in [-0.4, -0.2) is 29.7 Å². The van der Waals surface area contributed by atoms with Crippen molar-refractivity contribution in [2.75, 3.05) is 5.32 Å². The Kier molecular flexibility index (Phi) is 4.02. The molecule has 0 saturated carbocycles. The number of nitrogens with zero attached hydrogens (tertiary/aromatic N) is 5. The van der Waals surface area contributed by atoms with Crippen LogP contribution in [0.25, 0.3) is 28.1 Å². The zero-order valence-corrected chi connectivity index (χ0v) is 14.9. The molecule has 0 saturated heterocycles. The molecule has 7 nitrogen and oxygen atoms in total. The van der Waals surface area contributed by atoms with Crippen molar-refractivity contribution in [3.63, 3.8) is 0 Å². The van der Waals surface area contributed by atoms with E-state index in [4.69, 9.17) is 5.10 Å². The predicted octanol–water partition coefficient (Wildman–Crippen LogP) is 3.82. The SMILES string of the molecule is c1ccc(-c2nn(-c3ccccc3)cc2CNc2ncnc3nc[nH]c23)cc1. The van der Waals surface area contributed by atoms with E-state index in [1.807, 2.05) is 53.2 Å². The quantitative estimate of drug-likeness (QED) is 0.493. The summed E-state index contributed by atoms with van der Waals surface area (Å²) in [5.41, 5.74) is 5.53. The Morgan fingerprint density at radius 2 is 1.68 bits per heavy atom. The number of aromatic amines is 1. The second kappa shape index (κ2) is 6.96. The molecular formula is C21H17N7. The molecule has 5 aromatic rings. The predicted molar refractivity (Wildman–Crippen MR) is 108 cm³/mol. The fourth-order valence-corrected chi connectivity index (χ4v) is 3.17. The highest BCUT2D eigenvalue weighted by atomic mass is 15.3. The van der Waals surface area contributed by atoms with Crippen molar-refractivity contribution in [1.29, 1.82) is 0 Å². The van der Waals surface area contributed by atoms with Crippen LogP contribution in [-0.2, 0) is 6.54 Å². The number of rotatable bonds is 5. The van der Waals surface area contributed by atoms with Crippen molar-refractivity contribution >= 4 is 17.0 Å². The van der Waals surface area contributed by atoms with Crippen LogP contribution in [0.5, 0.6) is 0 Å². The Labute approximate surface area is 161 Å². The van der Waals surface area contributed by atoms with E-state index in [1.165, 1.54) is 6.33 Å². The van der Waals surface area contributed by atoms with Crippen LogP contribution in [0.3, 0.4) is 0 Å². The van der Waals surface area contributed by atoms with E-state index in [0.29, 0.717) is 18.0 Å². The third-order valence-corrected chi connectivity index (χ3v) is 4.53. The van der Waals surface area contributed by atoms with Crippen LogP contribution in [0.2, 0.25) is 0 Å². The third-order valence-electron chi connectivity index (χ3n) is 4.53. The molecular weight excluding hydrogens is 350 g/mol. The number of para-hydroxylation sites is 1. The van der Waals surface area contributed by atoms with E-state index in [-0.39, 0.29) is 0 Å². The number of nitrogens with one attached hydrogen (secondary N) is 2. The average molecular weight is 367 g/mol. The number of hydrogen-bond acceptors (Lipinski definition) is 5. The Bertz CT molecular complexity index is 1210. The van der Waals surface area contributed by atoms with E-state index in [9.17, 15) is 0 Å². The molecule has 0 aliphatic heterocycles. The smallest absolute Gasteiger partial charge is 0.182 e. The lowest BCUT2D eigenvalue weighted by Gasteiger charge is -2.06. The number of fused-ring (bicyclic) bond motifs is 1. The summed E-state index contributed by atoms with van der Waals surface area (Å²) in [7, 11) is 0. The van der Waals surface area contributed by atoms with Crippen molar-refractivity contribution in [2.24, 2.45) is 0 Å². The largest absolute Gasteiger partial charge is 0.364 e. The van der Waals surface area contributed by atoms with Crippen LogP contribution in [0.4, 0.5) is 5.82 Å². The van der Waals surface area contributed by atoms with E-state index in [1.54, 1.807) is 6.33 Å². The van der Waals surface area contributed by atoms with Crippen molar-refractivity contribution in [1.82, 2.24) is 29.7 Å². The lowest BCUT2D eigenvalue weighted by Crippen LogP contribution is -2.03. The fourth-order valence-electron chi connectivity index (χ4n) is 3.17. The van der Waals surface area contributed by atoms with Gasteiger partial charge in [0.1, 0.15) is 11.8 Å². The van der Waals surface area contributed by atoms with Gasteiger partial charge in [-0.15, -0.1) is 0 Å². The number of hydrogen-bond donors (Lipinski definition) is 2. The third kappa shape index (κ3) is 2.99. The minimum Gasteiger partial charge on any atom is -0.364 e. The minimum atomic E-state index is 0.572. The van der Waals surface area contributed by atoms with Gasteiger partial charge in [-0.3, -0.25) is 0 Å². The van der Waals surface area contributed by atoms with Crippen LogP contribution >= 0.6 is 0 Å². The molecule has 3 heterocycles. The summed E-state index contributed by atoms with van der Waals surface area (Å²) in [4.78, 5) is 15.8. The molecule has 0 aliphatic carbocycles. The molecule has 0 radical (unpaired) electrons. The molecule has 2 aromatic carbocycles. The molecule has 0 bridgehead atoms. The summed E-state index contributed by atoms with van der Waals surface area (Å²) in [5, 5.41) is 8.23. The molecule has 7 heteroatoms. The highest BCUT2D eigenvalue weighted by Crippen LogP contribution is 2.25. The molecule has 0 unspecified atom stereocenters. The lowest BCUT2D eigenvalue weighted by atomic mass is 10.1. The highest BCUT2D eigenvalue weighted by Gasteiger charge is 2.13. The van der Waals surface area contributed by atoms with Gasteiger partial charge < -0.3 is 10.3 Å². The summed E-state index contributed by atoms with van der Waals surface area (Å²) in [6.07, 6.45) is 5.18. The van der Waals surface area contributed by atoms with Gasteiger partial charge in [0.15, 0.2) is 11.5 Å². The molecule has 0 atom stereocenters. The first-order valence-electron chi connectivity index (χ1n) is 8.96. The Balaban J connectivity index is 1.52. The first kappa shape index (κ1) is 16.2. The van der Waals surface area contributed by atoms with Crippen molar-refractivity contribution in [3.05, 3.63) is 85.1 Å². The Hall–Kier alpha value is -4.00. The molecule has 3 aromatic heterocycles. The first-order chi connectivity index (χ1) is 13.9. The minimum absolute atomic E-state index is 0.572. The van der Waals surface area contributed by atoms with Crippen LogP contribution in [0, 0.1) is 0 Å². The topological polar surface area (TPSA) is 84.3 Å². The molecule has 2 N–H and O–H groups in total. The van der Waals surface area contributed by atoms with E-state index in [2.05, 4.69) is 43.6 Å². The van der Waals surface area contributed by atoms with Gasteiger partial charge >= 0.3 is 0 Å². The number of aromatic nitrogens is 6. The van der Waals surface area contributed by atoms with Gasteiger partial charge in [-0.2, -0.15) is 5.10 Å². The van der Waals surface area contributed by atoms with Gasteiger partial charge in [0.05, 0.1) is 17.7 Å². The van der Waals surface area contributed by atoms with E-state index in [0.717, 1.165) is 28.0 Å². The van der Waals surface area contributed by atoms with Gasteiger partial charge in [-0.05, 0) is 12.1 Å². The molecule has 5 rings (SSSR count). The first-order valence-corrected chi connectivity index (χ1v) is 8.96. The van der Waals surface area contributed by atoms with Crippen molar-refractivity contribution in [2.45, 2.75) is 6.54 Å². The molecule has 0 fully saturated rings. The summed E-state index contributed by atoms with van der Waals surface area (Å²) in [6, 6.07) is 20.3. The van der Waals surface area contributed by atoms with Crippen LogP contribution in [0.1, 0.15) is 5.56 Å². The second-order valence-electron chi connectivity index (χ2n) is 6.33. The lowest BCUT2D eigenvalue weighted by molar-refractivity contribution is 0.883. The molecule has 28 heavy (non-hydrogen) atoms. The highest BCUT2D eigenvalue weighted by molar-refractivity contribution is 5.82. The number of benzene rings is 2. The van der Waals surface area contributed by atoms with Crippen molar-refractivity contribution in [3.8, 4) is 16.9 Å². The van der Waals surface area contributed by atoms with Gasteiger partial charge in [-0.1, -0.05) is 48.5 Å². The normalized spacial score (nSPS) is 11.0. The number of imidazole rings is 1. The standard InChI is InChI=1S/C21H17N7/c1-3-7-15(8-4-1)18-16(12-28(27-18)17-9-5-2-6-10-17)11-22-20-19-21(24-13-23-19)26-14-25-20/h1-10,12-14H,11H2,(H2,22,23,24,25,26).